The van der Waals surface area contributed by atoms with Crippen molar-refractivity contribution in [3.05, 3.63) is 89.5 Å². The van der Waals surface area contributed by atoms with Crippen molar-refractivity contribution in [2.24, 2.45) is 0 Å². The molecule has 1 N–H and O–H groups in total. The molecule has 2 atom stereocenters. The van der Waals surface area contributed by atoms with E-state index in [9.17, 15) is 0 Å². The summed E-state index contributed by atoms with van der Waals surface area (Å²) >= 11 is 0. The van der Waals surface area contributed by atoms with E-state index in [4.69, 9.17) is 0 Å². The van der Waals surface area contributed by atoms with Crippen molar-refractivity contribution >= 4 is 17.1 Å². The average molecular weight is 311 g/mol. The number of hydrogen-bond acceptors (Lipinski definition) is 3. The van der Waals surface area contributed by atoms with Crippen LogP contribution in [0.15, 0.2) is 72.8 Å². The van der Waals surface area contributed by atoms with Gasteiger partial charge >= 0.3 is 0 Å². The fourth-order valence-electron chi connectivity index (χ4n) is 4.54. The molecule has 0 spiro atoms. The van der Waals surface area contributed by atoms with E-state index in [2.05, 4.69) is 87.9 Å². The molecule has 4 bridgehead atoms. The van der Waals surface area contributed by atoms with E-state index in [-0.39, 0.29) is 12.3 Å². The molecule has 0 saturated carbocycles. The molecule has 1 unspecified atom stereocenters. The molecule has 3 aromatic carbocycles. The monoisotopic (exact) mass is 311 g/mol. The minimum atomic E-state index is 0.179. The van der Waals surface area contributed by atoms with Crippen molar-refractivity contribution in [1.82, 2.24) is 0 Å². The molecule has 6 rings (SSSR count). The van der Waals surface area contributed by atoms with E-state index in [1.165, 1.54) is 33.8 Å². The molecule has 3 nitrogen and oxygen atoms in total. The minimum absolute atomic E-state index is 0.179. The number of nitrogens with one attached hydrogen (secondary N) is 1. The van der Waals surface area contributed by atoms with Crippen molar-refractivity contribution in [2.75, 3.05) is 15.1 Å². The highest BCUT2D eigenvalue weighted by Gasteiger charge is 2.47. The number of rotatable bonds is 0. The van der Waals surface area contributed by atoms with E-state index in [0.29, 0.717) is 0 Å². The van der Waals surface area contributed by atoms with Gasteiger partial charge in [0.15, 0.2) is 0 Å². The average Bonchev–Trinajstić information content (AvgIpc) is 2.65. The van der Waals surface area contributed by atoms with Crippen LogP contribution in [0.1, 0.15) is 29.0 Å². The molecule has 116 valence electrons. The summed E-state index contributed by atoms with van der Waals surface area (Å²) in [6, 6.07) is 26.3. The highest BCUT2D eigenvalue weighted by atomic mass is 15.5. The topological polar surface area (TPSA) is 18.5 Å². The van der Waals surface area contributed by atoms with Crippen molar-refractivity contribution in [3.8, 4) is 0 Å². The zero-order chi connectivity index (χ0) is 15.7. The second-order valence-electron chi connectivity index (χ2n) is 6.73. The van der Waals surface area contributed by atoms with Gasteiger partial charge in [-0.15, -0.1) is 0 Å². The third-order valence-electron chi connectivity index (χ3n) is 5.52. The smallest absolute Gasteiger partial charge is 0.132 e. The maximum absolute atomic E-state index is 3.78. The molecule has 3 aliphatic heterocycles. The second-order valence-corrected chi connectivity index (χ2v) is 6.73. The molecule has 0 saturated heterocycles. The van der Waals surface area contributed by atoms with Crippen LogP contribution < -0.4 is 15.1 Å². The van der Waals surface area contributed by atoms with Crippen LogP contribution in [-0.4, -0.2) is 0 Å². The Hall–Kier alpha value is -2.94. The lowest BCUT2D eigenvalue weighted by atomic mass is 9.90. The van der Waals surface area contributed by atoms with Gasteiger partial charge in [0.2, 0.25) is 0 Å². The number of para-hydroxylation sites is 3. The Morgan fingerprint density at radius 1 is 0.750 bits per heavy atom. The molecule has 0 aromatic heterocycles. The first-order valence-corrected chi connectivity index (χ1v) is 8.49. The SMILES string of the molecule is c1ccc2c(c1)CN1c3ccccc3C3Nc4ccccc4[C@@H]1N23. The molecular weight excluding hydrogens is 294 g/mol. The summed E-state index contributed by atoms with van der Waals surface area (Å²) in [6.45, 7) is 0.954. The molecular formula is C21H17N3. The highest BCUT2D eigenvalue weighted by molar-refractivity contribution is 5.77. The lowest BCUT2D eigenvalue weighted by molar-refractivity contribution is 0.462. The van der Waals surface area contributed by atoms with Crippen LogP contribution in [0.3, 0.4) is 0 Å². The second kappa shape index (κ2) is 4.32. The molecule has 0 fully saturated rings. The summed E-state index contributed by atoms with van der Waals surface area (Å²) in [4.78, 5) is 5.09. The van der Waals surface area contributed by atoms with Gasteiger partial charge in [-0.1, -0.05) is 54.6 Å². The number of fused-ring (bicyclic) bond motifs is 5. The van der Waals surface area contributed by atoms with Crippen LogP contribution in [0.4, 0.5) is 17.1 Å². The van der Waals surface area contributed by atoms with Gasteiger partial charge in [0, 0.05) is 34.7 Å². The summed E-state index contributed by atoms with van der Waals surface area (Å²) in [5.74, 6) is 0. The van der Waals surface area contributed by atoms with Gasteiger partial charge in [-0.3, -0.25) is 0 Å². The maximum Gasteiger partial charge on any atom is 0.132 e. The predicted octanol–water partition coefficient (Wildman–Crippen LogP) is 4.65. The predicted molar refractivity (Wildman–Crippen MR) is 97.1 cm³/mol. The third-order valence-corrected chi connectivity index (χ3v) is 5.52. The fraction of sp³-hybridized carbons (Fsp3) is 0.143. The zero-order valence-corrected chi connectivity index (χ0v) is 13.2. The Morgan fingerprint density at radius 2 is 1.46 bits per heavy atom. The molecule has 0 radical (unpaired) electrons. The van der Waals surface area contributed by atoms with E-state index < -0.39 is 0 Å². The van der Waals surface area contributed by atoms with Crippen LogP contribution in [0.5, 0.6) is 0 Å². The van der Waals surface area contributed by atoms with Gasteiger partial charge in [0.05, 0.1) is 0 Å². The van der Waals surface area contributed by atoms with Gasteiger partial charge in [-0.25, -0.2) is 0 Å². The number of nitrogens with zero attached hydrogens (tertiary/aromatic N) is 2. The Morgan fingerprint density at radius 3 is 2.38 bits per heavy atom. The molecule has 0 aliphatic carbocycles. The first kappa shape index (κ1) is 12.5. The maximum atomic E-state index is 3.78. The molecule has 3 aromatic rings. The van der Waals surface area contributed by atoms with Crippen molar-refractivity contribution in [1.29, 1.82) is 0 Å². The van der Waals surface area contributed by atoms with E-state index in [0.717, 1.165) is 6.54 Å². The van der Waals surface area contributed by atoms with Crippen molar-refractivity contribution in [3.63, 3.8) is 0 Å². The summed E-state index contributed by atoms with van der Waals surface area (Å²) in [6.07, 6.45) is 0.441. The largest absolute Gasteiger partial charge is 0.361 e. The van der Waals surface area contributed by atoms with Crippen LogP contribution in [0, 0.1) is 0 Å². The lowest BCUT2D eigenvalue weighted by Crippen LogP contribution is -2.55. The lowest BCUT2D eigenvalue weighted by Gasteiger charge is -2.57. The van der Waals surface area contributed by atoms with Gasteiger partial charge in [0.1, 0.15) is 12.3 Å². The highest BCUT2D eigenvalue weighted by Crippen LogP contribution is 2.55. The third kappa shape index (κ3) is 1.42. The van der Waals surface area contributed by atoms with E-state index in [1.54, 1.807) is 0 Å². The van der Waals surface area contributed by atoms with Crippen LogP contribution >= 0.6 is 0 Å². The molecule has 3 heterocycles. The van der Waals surface area contributed by atoms with Gasteiger partial charge in [-0.05, 0) is 23.8 Å². The molecule has 24 heavy (non-hydrogen) atoms. The minimum Gasteiger partial charge on any atom is -0.361 e. The molecule has 0 amide bonds. The number of hydrogen-bond donors (Lipinski definition) is 1. The summed E-state index contributed by atoms with van der Waals surface area (Å²) < 4.78 is 0. The zero-order valence-electron chi connectivity index (χ0n) is 13.2. The van der Waals surface area contributed by atoms with Crippen molar-refractivity contribution < 1.29 is 0 Å². The molecule has 3 heteroatoms. The quantitative estimate of drug-likeness (QED) is 0.652. The first-order chi connectivity index (χ1) is 11.9. The van der Waals surface area contributed by atoms with Gasteiger partial charge in [-0.2, -0.15) is 0 Å². The van der Waals surface area contributed by atoms with E-state index in [1.807, 2.05) is 0 Å². The van der Waals surface area contributed by atoms with E-state index >= 15 is 0 Å². The summed E-state index contributed by atoms with van der Waals surface area (Å²) in [5.41, 5.74) is 8.06. The van der Waals surface area contributed by atoms with Gasteiger partial charge in [0.25, 0.3) is 0 Å². The standard InChI is InChI=1S/C21H17N3/c1-5-11-18-14(7-1)13-23-19-12-6-3-9-16(19)20-22-17-10-4-2-8-15(17)21(23)24(18)20/h1-12,20-22H,13H2/t20?,21-/m0/s1. The van der Waals surface area contributed by atoms with Crippen molar-refractivity contribution in [2.45, 2.75) is 18.9 Å². The summed E-state index contributed by atoms with van der Waals surface area (Å²) in [5, 5.41) is 3.78. The Balaban J connectivity index is 1.68. The normalized spacial score (nSPS) is 22.2. The first-order valence-electron chi connectivity index (χ1n) is 8.49. The van der Waals surface area contributed by atoms with Gasteiger partial charge < -0.3 is 15.1 Å². The van der Waals surface area contributed by atoms with Crippen LogP contribution in [0.2, 0.25) is 0 Å². The number of benzene rings is 3. The number of anilines is 3. The molecule has 3 aliphatic rings. The Bertz CT molecular complexity index is 886. The summed E-state index contributed by atoms with van der Waals surface area (Å²) in [7, 11) is 0. The Kier molecular flexibility index (Phi) is 2.25. The Labute approximate surface area is 141 Å². The fourth-order valence-corrected chi connectivity index (χ4v) is 4.54. The van der Waals surface area contributed by atoms with Crippen LogP contribution in [0.25, 0.3) is 0 Å². The van der Waals surface area contributed by atoms with Crippen LogP contribution in [-0.2, 0) is 6.54 Å².